The number of hydrogen-bond donors (Lipinski definition) is 0. The molecule has 0 saturated carbocycles. The van der Waals surface area contributed by atoms with Gasteiger partial charge in [0, 0.05) is 38.7 Å². The van der Waals surface area contributed by atoms with Crippen LogP contribution in [0.4, 0.5) is 0 Å². The molecule has 0 aliphatic heterocycles. The monoisotopic (exact) mass is 658 g/mol. The summed E-state index contributed by atoms with van der Waals surface area (Å²) in [7, 11) is 0. The minimum Gasteiger partial charge on any atom is -0.304 e. The number of rotatable bonds is 3. The number of aryl methyl sites for hydroxylation is 3. The van der Waals surface area contributed by atoms with Gasteiger partial charge in [0.25, 0.3) is 0 Å². The Morgan fingerprint density at radius 2 is 1.49 bits per heavy atom. The number of hydrogen-bond acceptors (Lipinski definition) is 3. The number of pyridine rings is 1. The van der Waals surface area contributed by atoms with Crippen LogP contribution in [0.15, 0.2) is 97.5 Å². The second-order valence-electron chi connectivity index (χ2n) is 8.86. The minimum atomic E-state index is 0. The van der Waals surface area contributed by atoms with E-state index < -0.39 is 0 Å². The summed E-state index contributed by atoms with van der Waals surface area (Å²) in [6.07, 6.45) is 6.63. The van der Waals surface area contributed by atoms with E-state index in [0.717, 1.165) is 39.8 Å². The van der Waals surface area contributed by atoms with Crippen molar-refractivity contribution in [3.63, 3.8) is 0 Å². The van der Waals surface area contributed by atoms with Crippen LogP contribution in [0, 0.1) is 26.0 Å². The molecule has 2 heterocycles. The first kappa shape index (κ1) is 26.3. The van der Waals surface area contributed by atoms with Crippen molar-refractivity contribution in [1.82, 2.24) is 15.0 Å². The first-order valence-electron chi connectivity index (χ1n) is 12.2. The average Bonchev–Trinajstić information content (AvgIpc) is 2.94. The SMILES string of the molecule is CCc1cnc(-c2[c-]ccc(-c3ccccc3)c2)nc1.Cc1cnc2c(ccc3c(C)cc[c-]c32)c1.[Ir]. The van der Waals surface area contributed by atoms with Gasteiger partial charge in [-0.15, -0.1) is 69.9 Å². The van der Waals surface area contributed by atoms with E-state index in [2.05, 4.69) is 96.4 Å². The Hall–Kier alpha value is -3.72. The number of aromatic nitrogens is 3. The molecule has 0 saturated heterocycles. The fourth-order valence-electron chi connectivity index (χ4n) is 4.21. The van der Waals surface area contributed by atoms with Crippen molar-refractivity contribution in [3.05, 3.63) is 126 Å². The summed E-state index contributed by atoms with van der Waals surface area (Å²) in [5, 5.41) is 3.55. The van der Waals surface area contributed by atoms with Crippen molar-refractivity contribution in [2.24, 2.45) is 0 Å². The van der Waals surface area contributed by atoms with Crippen molar-refractivity contribution in [2.45, 2.75) is 27.2 Å². The van der Waals surface area contributed by atoms with Gasteiger partial charge in [0.2, 0.25) is 0 Å². The third-order valence-corrected chi connectivity index (χ3v) is 6.24. The van der Waals surface area contributed by atoms with Gasteiger partial charge in [-0.2, -0.15) is 0 Å². The molecular formula is C33H27IrN3-2. The number of nitrogens with zero attached hydrogens (tertiary/aromatic N) is 3. The second-order valence-corrected chi connectivity index (χ2v) is 8.86. The van der Waals surface area contributed by atoms with E-state index in [1.54, 1.807) is 0 Å². The van der Waals surface area contributed by atoms with Crippen molar-refractivity contribution in [1.29, 1.82) is 0 Å². The zero-order valence-corrected chi connectivity index (χ0v) is 23.5. The first-order chi connectivity index (χ1) is 17.6. The van der Waals surface area contributed by atoms with Gasteiger partial charge < -0.3 is 4.98 Å². The van der Waals surface area contributed by atoms with Crippen molar-refractivity contribution >= 4 is 21.7 Å². The van der Waals surface area contributed by atoms with E-state index in [0.29, 0.717) is 0 Å². The van der Waals surface area contributed by atoms with E-state index in [1.165, 1.54) is 27.5 Å². The van der Waals surface area contributed by atoms with Gasteiger partial charge in [0.05, 0.1) is 5.82 Å². The first-order valence-corrected chi connectivity index (χ1v) is 12.2. The molecule has 0 spiro atoms. The summed E-state index contributed by atoms with van der Waals surface area (Å²) in [4.78, 5) is 13.3. The van der Waals surface area contributed by atoms with Crippen LogP contribution >= 0.6 is 0 Å². The van der Waals surface area contributed by atoms with Crippen molar-refractivity contribution in [2.75, 3.05) is 0 Å². The van der Waals surface area contributed by atoms with E-state index >= 15 is 0 Å². The molecule has 6 rings (SSSR count). The molecule has 0 atom stereocenters. The van der Waals surface area contributed by atoms with E-state index in [-0.39, 0.29) is 20.1 Å². The molecule has 4 heteroatoms. The average molecular weight is 658 g/mol. The molecule has 0 amide bonds. The maximum Gasteiger partial charge on any atom is 0.0748 e. The van der Waals surface area contributed by atoms with Gasteiger partial charge in [-0.1, -0.05) is 62.4 Å². The molecule has 0 aliphatic rings. The molecule has 2 aromatic heterocycles. The molecule has 0 aliphatic carbocycles. The maximum absolute atomic E-state index is 4.52. The van der Waals surface area contributed by atoms with E-state index in [9.17, 15) is 0 Å². The maximum atomic E-state index is 4.52. The van der Waals surface area contributed by atoms with E-state index in [1.807, 2.05) is 48.9 Å². The topological polar surface area (TPSA) is 38.7 Å². The number of benzene rings is 4. The molecule has 0 fully saturated rings. The van der Waals surface area contributed by atoms with E-state index in [4.69, 9.17) is 0 Å². The minimum absolute atomic E-state index is 0. The fourth-order valence-corrected chi connectivity index (χ4v) is 4.21. The Morgan fingerprint density at radius 3 is 2.24 bits per heavy atom. The van der Waals surface area contributed by atoms with Crippen LogP contribution in [-0.2, 0) is 26.5 Å². The molecule has 0 N–H and O–H groups in total. The second kappa shape index (κ2) is 12.0. The van der Waals surface area contributed by atoms with Gasteiger partial charge in [0.15, 0.2) is 0 Å². The fraction of sp³-hybridized carbons (Fsp3) is 0.121. The smallest absolute Gasteiger partial charge is 0.0748 e. The van der Waals surface area contributed by atoms with Crippen molar-refractivity contribution < 1.29 is 20.1 Å². The predicted molar refractivity (Wildman–Crippen MR) is 149 cm³/mol. The van der Waals surface area contributed by atoms with Crippen LogP contribution in [0.1, 0.15) is 23.6 Å². The van der Waals surface area contributed by atoms with Gasteiger partial charge in [-0.3, -0.25) is 9.97 Å². The Kier molecular flexibility index (Phi) is 8.55. The summed E-state index contributed by atoms with van der Waals surface area (Å²) in [5.41, 5.74) is 7.93. The van der Waals surface area contributed by atoms with Crippen LogP contribution in [-0.4, -0.2) is 15.0 Å². The Bertz CT molecular complexity index is 1630. The van der Waals surface area contributed by atoms with Crippen molar-refractivity contribution in [3.8, 4) is 22.5 Å². The third-order valence-electron chi connectivity index (χ3n) is 6.24. The van der Waals surface area contributed by atoms with Gasteiger partial charge >= 0.3 is 0 Å². The summed E-state index contributed by atoms with van der Waals surface area (Å²) in [5.74, 6) is 0.722. The summed E-state index contributed by atoms with van der Waals surface area (Å²) >= 11 is 0. The largest absolute Gasteiger partial charge is 0.304 e. The summed E-state index contributed by atoms with van der Waals surface area (Å²) in [6, 6.07) is 33.4. The van der Waals surface area contributed by atoms with Gasteiger partial charge in [-0.25, -0.2) is 0 Å². The molecule has 185 valence electrons. The zero-order chi connectivity index (χ0) is 24.9. The normalized spacial score (nSPS) is 10.5. The predicted octanol–water partition coefficient (Wildman–Crippen LogP) is 7.98. The Morgan fingerprint density at radius 1 is 0.730 bits per heavy atom. The molecule has 4 aromatic carbocycles. The quantitative estimate of drug-likeness (QED) is 0.143. The Labute approximate surface area is 232 Å². The summed E-state index contributed by atoms with van der Waals surface area (Å²) in [6.45, 7) is 6.29. The molecular weight excluding hydrogens is 631 g/mol. The molecule has 37 heavy (non-hydrogen) atoms. The number of fused-ring (bicyclic) bond motifs is 3. The summed E-state index contributed by atoms with van der Waals surface area (Å²) < 4.78 is 0. The van der Waals surface area contributed by atoms with Crippen LogP contribution < -0.4 is 0 Å². The van der Waals surface area contributed by atoms with Gasteiger partial charge in [-0.05, 0) is 40.9 Å². The molecule has 3 nitrogen and oxygen atoms in total. The molecule has 0 bridgehead atoms. The molecule has 6 aromatic rings. The Balaban J connectivity index is 0.000000172. The molecule has 0 unspecified atom stereocenters. The standard InChI is InChI=1S/C18H15N2.C15H12N.Ir/c1-2-14-12-19-18(20-13-14)17-10-6-9-16(11-17)15-7-4-3-5-8-15;1-10-8-12-6-7-13-11(2)4-3-5-14(13)15(12)16-9-10;/h3-9,11-13H,2H2,1H3;3-4,6-9H,1-2H3;/q2*-1;. The van der Waals surface area contributed by atoms with Crippen LogP contribution in [0.3, 0.4) is 0 Å². The van der Waals surface area contributed by atoms with Crippen LogP contribution in [0.5, 0.6) is 0 Å². The van der Waals surface area contributed by atoms with Gasteiger partial charge in [0.1, 0.15) is 0 Å². The zero-order valence-electron chi connectivity index (χ0n) is 21.1. The molecule has 1 radical (unpaired) electrons. The van der Waals surface area contributed by atoms with Crippen LogP contribution in [0.25, 0.3) is 44.2 Å². The third kappa shape index (κ3) is 5.99. The van der Waals surface area contributed by atoms with Crippen LogP contribution in [0.2, 0.25) is 0 Å².